The van der Waals surface area contributed by atoms with Crippen LogP contribution >= 0.6 is 0 Å². The maximum atomic E-state index is 11.4. The molecule has 2 rings (SSSR count). The summed E-state index contributed by atoms with van der Waals surface area (Å²) >= 11 is 0. The van der Waals surface area contributed by atoms with Gasteiger partial charge in [0.25, 0.3) is 0 Å². The second-order valence-electron chi connectivity index (χ2n) is 4.49. The molecule has 0 radical (unpaired) electrons. The standard InChI is InChI=1S/C13H16N4O2/c1-19-13(18)10-6-8-17(9-7-10)12-4-2-11(3-5-12)15-16-14/h2-5,10H,6-9H2,1H3. The fourth-order valence-corrected chi connectivity index (χ4v) is 2.32. The van der Waals surface area contributed by atoms with Crippen molar-refractivity contribution in [3.8, 4) is 0 Å². The van der Waals surface area contributed by atoms with Crippen molar-refractivity contribution in [2.45, 2.75) is 12.8 Å². The van der Waals surface area contributed by atoms with Crippen LogP contribution in [-0.4, -0.2) is 26.2 Å². The summed E-state index contributed by atoms with van der Waals surface area (Å²) in [6.45, 7) is 1.67. The van der Waals surface area contributed by atoms with E-state index in [0.29, 0.717) is 5.69 Å². The SMILES string of the molecule is COC(=O)C1CCN(c2ccc(N=[N+]=[N-])cc2)CC1. The molecule has 1 aromatic rings. The number of hydrogen-bond acceptors (Lipinski definition) is 4. The lowest BCUT2D eigenvalue weighted by Crippen LogP contribution is -2.36. The topological polar surface area (TPSA) is 78.3 Å². The van der Waals surface area contributed by atoms with Crippen LogP contribution in [0.2, 0.25) is 0 Å². The van der Waals surface area contributed by atoms with Gasteiger partial charge >= 0.3 is 5.97 Å². The highest BCUT2D eigenvalue weighted by Gasteiger charge is 2.25. The van der Waals surface area contributed by atoms with E-state index in [0.717, 1.165) is 31.6 Å². The molecule has 0 atom stereocenters. The Kier molecular flexibility index (Phi) is 4.26. The van der Waals surface area contributed by atoms with Gasteiger partial charge in [0.2, 0.25) is 0 Å². The van der Waals surface area contributed by atoms with Crippen molar-refractivity contribution in [3.05, 3.63) is 34.7 Å². The molecule has 0 amide bonds. The summed E-state index contributed by atoms with van der Waals surface area (Å²) in [4.78, 5) is 16.4. The number of esters is 1. The number of rotatable bonds is 3. The Morgan fingerprint density at radius 2 is 2.00 bits per heavy atom. The average molecular weight is 260 g/mol. The number of carbonyl (C=O) groups is 1. The molecule has 0 bridgehead atoms. The summed E-state index contributed by atoms with van der Waals surface area (Å²) in [5.41, 5.74) is 10.0. The van der Waals surface area contributed by atoms with E-state index < -0.39 is 0 Å². The molecule has 0 aromatic heterocycles. The zero-order valence-corrected chi connectivity index (χ0v) is 10.8. The van der Waals surface area contributed by atoms with Gasteiger partial charge < -0.3 is 9.64 Å². The molecule has 1 aliphatic rings. The van der Waals surface area contributed by atoms with Crippen molar-refractivity contribution in [2.24, 2.45) is 11.0 Å². The highest BCUT2D eigenvalue weighted by atomic mass is 16.5. The van der Waals surface area contributed by atoms with Crippen LogP contribution in [0.3, 0.4) is 0 Å². The van der Waals surface area contributed by atoms with Crippen LogP contribution in [0.1, 0.15) is 12.8 Å². The normalized spacial score (nSPS) is 15.7. The number of azide groups is 1. The Balaban J connectivity index is 1.97. The minimum Gasteiger partial charge on any atom is -0.469 e. The molecule has 0 spiro atoms. The van der Waals surface area contributed by atoms with Gasteiger partial charge in [-0.2, -0.15) is 0 Å². The van der Waals surface area contributed by atoms with Gasteiger partial charge in [0.1, 0.15) is 0 Å². The van der Waals surface area contributed by atoms with Crippen LogP contribution in [0, 0.1) is 5.92 Å². The van der Waals surface area contributed by atoms with E-state index in [1.54, 1.807) is 12.1 Å². The smallest absolute Gasteiger partial charge is 0.308 e. The average Bonchev–Trinajstić information content (AvgIpc) is 2.48. The predicted molar refractivity (Wildman–Crippen MR) is 72.2 cm³/mol. The molecule has 1 aromatic carbocycles. The van der Waals surface area contributed by atoms with Crippen molar-refractivity contribution in [1.29, 1.82) is 0 Å². The van der Waals surface area contributed by atoms with Crippen LogP contribution < -0.4 is 4.90 Å². The van der Waals surface area contributed by atoms with Gasteiger partial charge in [-0.05, 0) is 30.5 Å². The molecule has 1 fully saturated rings. The third-order valence-electron chi connectivity index (χ3n) is 3.40. The Morgan fingerprint density at radius 1 is 1.37 bits per heavy atom. The molecular formula is C13H16N4O2. The van der Waals surface area contributed by atoms with E-state index in [1.807, 2.05) is 12.1 Å². The summed E-state index contributed by atoms with van der Waals surface area (Å²) in [5, 5.41) is 3.54. The summed E-state index contributed by atoms with van der Waals surface area (Å²) in [6, 6.07) is 7.45. The molecule has 0 aliphatic carbocycles. The number of anilines is 1. The van der Waals surface area contributed by atoms with Crippen molar-refractivity contribution in [2.75, 3.05) is 25.1 Å². The third kappa shape index (κ3) is 3.17. The lowest BCUT2D eigenvalue weighted by molar-refractivity contribution is -0.146. The van der Waals surface area contributed by atoms with Gasteiger partial charge in [0.15, 0.2) is 0 Å². The molecule has 19 heavy (non-hydrogen) atoms. The first-order valence-electron chi connectivity index (χ1n) is 6.22. The summed E-state index contributed by atoms with van der Waals surface area (Å²) in [5.74, 6) is -0.0953. The first-order valence-corrected chi connectivity index (χ1v) is 6.22. The van der Waals surface area contributed by atoms with Crippen LogP contribution in [0.25, 0.3) is 10.4 Å². The maximum absolute atomic E-state index is 11.4. The Morgan fingerprint density at radius 3 is 2.53 bits per heavy atom. The fourth-order valence-electron chi connectivity index (χ4n) is 2.32. The highest BCUT2D eigenvalue weighted by Crippen LogP contribution is 2.25. The number of benzene rings is 1. The lowest BCUT2D eigenvalue weighted by Gasteiger charge is -2.32. The summed E-state index contributed by atoms with van der Waals surface area (Å²) in [7, 11) is 1.43. The number of carbonyl (C=O) groups excluding carboxylic acids is 1. The number of ether oxygens (including phenoxy) is 1. The number of hydrogen-bond donors (Lipinski definition) is 0. The number of piperidine rings is 1. The quantitative estimate of drug-likeness (QED) is 0.362. The molecule has 0 unspecified atom stereocenters. The molecule has 0 N–H and O–H groups in total. The van der Waals surface area contributed by atoms with E-state index in [-0.39, 0.29) is 11.9 Å². The number of nitrogens with zero attached hydrogens (tertiary/aromatic N) is 4. The maximum Gasteiger partial charge on any atom is 0.308 e. The molecule has 0 saturated carbocycles. The van der Waals surface area contributed by atoms with Gasteiger partial charge in [-0.15, -0.1) is 0 Å². The monoisotopic (exact) mass is 260 g/mol. The van der Waals surface area contributed by atoms with E-state index in [2.05, 4.69) is 14.9 Å². The summed E-state index contributed by atoms with van der Waals surface area (Å²) < 4.78 is 4.77. The first kappa shape index (κ1) is 13.2. The van der Waals surface area contributed by atoms with Gasteiger partial charge in [-0.1, -0.05) is 17.2 Å². The Labute approximate surface area is 111 Å². The fraction of sp³-hybridized carbons (Fsp3) is 0.462. The molecule has 100 valence electrons. The van der Waals surface area contributed by atoms with Crippen LogP contribution in [0.4, 0.5) is 11.4 Å². The van der Waals surface area contributed by atoms with Crippen LogP contribution in [0.15, 0.2) is 29.4 Å². The Hall–Kier alpha value is -2.20. The first-order chi connectivity index (χ1) is 9.24. The predicted octanol–water partition coefficient (Wildman–Crippen LogP) is 3.02. The van der Waals surface area contributed by atoms with E-state index in [1.165, 1.54) is 7.11 Å². The third-order valence-corrected chi connectivity index (χ3v) is 3.40. The van der Waals surface area contributed by atoms with Crippen LogP contribution in [0.5, 0.6) is 0 Å². The zero-order chi connectivity index (χ0) is 13.7. The second-order valence-corrected chi connectivity index (χ2v) is 4.49. The molecular weight excluding hydrogens is 244 g/mol. The van der Waals surface area contributed by atoms with Crippen molar-refractivity contribution in [3.63, 3.8) is 0 Å². The molecule has 1 saturated heterocycles. The summed E-state index contributed by atoms with van der Waals surface area (Å²) in [6.07, 6.45) is 1.62. The number of methoxy groups -OCH3 is 1. The Bertz CT molecular complexity index is 486. The zero-order valence-electron chi connectivity index (χ0n) is 10.8. The van der Waals surface area contributed by atoms with Crippen molar-refractivity contribution >= 4 is 17.3 Å². The van der Waals surface area contributed by atoms with Gasteiger partial charge in [0.05, 0.1) is 13.0 Å². The van der Waals surface area contributed by atoms with E-state index in [4.69, 9.17) is 10.3 Å². The van der Waals surface area contributed by atoms with Crippen molar-refractivity contribution in [1.82, 2.24) is 0 Å². The molecule has 6 heteroatoms. The minimum atomic E-state index is -0.113. The van der Waals surface area contributed by atoms with E-state index in [9.17, 15) is 4.79 Å². The molecule has 1 aliphatic heterocycles. The molecule has 6 nitrogen and oxygen atoms in total. The van der Waals surface area contributed by atoms with Gasteiger partial charge in [0, 0.05) is 29.4 Å². The minimum absolute atomic E-state index is 0.0173. The second kappa shape index (κ2) is 6.11. The van der Waals surface area contributed by atoms with Gasteiger partial charge in [-0.3, -0.25) is 4.79 Å². The van der Waals surface area contributed by atoms with Crippen LogP contribution in [-0.2, 0) is 9.53 Å². The highest BCUT2D eigenvalue weighted by molar-refractivity contribution is 5.72. The largest absolute Gasteiger partial charge is 0.469 e. The molecule has 1 heterocycles. The lowest BCUT2D eigenvalue weighted by atomic mass is 9.96. The van der Waals surface area contributed by atoms with E-state index >= 15 is 0 Å². The van der Waals surface area contributed by atoms with Gasteiger partial charge in [-0.25, -0.2) is 0 Å². The van der Waals surface area contributed by atoms with Crippen molar-refractivity contribution < 1.29 is 9.53 Å².